The van der Waals surface area contributed by atoms with Crippen LogP contribution in [0.4, 0.5) is 0 Å². The fraction of sp³-hybridized carbons (Fsp3) is 0.524. The van der Waals surface area contributed by atoms with Gasteiger partial charge in [-0.05, 0) is 30.4 Å². The van der Waals surface area contributed by atoms with Gasteiger partial charge in [-0.15, -0.1) is 0 Å². The molecule has 1 aliphatic carbocycles. The zero-order valence-corrected chi connectivity index (χ0v) is 15.5. The number of carbonyl (C=O) groups excluding carboxylic acids is 1. The average molecular weight is 352 g/mol. The minimum atomic E-state index is 0.195. The molecule has 0 saturated heterocycles. The standard InChI is InChI=1S/C21H28N4O/c1-16(17-6-3-2-4-7-17)14-24-10-11-25-20(15-24)12-19(23-25)13-22-21(26)18-8-5-9-18/h2-4,6-7,12,16,18H,5,8-11,13-15H2,1H3,(H,22,26). The van der Waals surface area contributed by atoms with Crippen LogP contribution in [0, 0.1) is 5.92 Å². The van der Waals surface area contributed by atoms with Crippen LogP contribution >= 0.6 is 0 Å². The van der Waals surface area contributed by atoms with E-state index < -0.39 is 0 Å². The SMILES string of the molecule is CC(CN1CCn2nc(CNC(=O)C3CCC3)cc2C1)c1ccccc1. The maximum absolute atomic E-state index is 12.0. The fourth-order valence-corrected chi connectivity index (χ4v) is 3.89. The summed E-state index contributed by atoms with van der Waals surface area (Å²) in [6.45, 7) is 6.79. The van der Waals surface area contributed by atoms with Gasteiger partial charge in [-0.3, -0.25) is 14.4 Å². The zero-order chi connectivity index (χ0) is 17.9. The Morgan fingerprint density at radius 2 is 2.08 bits per heavy atom. The molecular formula is C21H28N4O. The van der Waals surface area contributed by atoms with Crippen molar-refractivity contribution in [1.29, 1.82) is 0 Å². The van der Waals surface area contributed by atoms with Crippen molar-refractivity contribution in [2.45, 2.75) is 51.7 Å². The first-order chi connectivity index (χ1) is 12.7. The molecule has 1 atom stereocenters. The van der Waals surface area contributed by atoms with Crippen LogP contribution in [0.2, 0.25) is 0 Å². The molecule has 1 amide bonds. The van der Waals surface area contributed by atoms with Gasteiger partial charge in [-0.25, -0.2) is 0 Å². The Kier molecular flexibility index (Phi) is 5.07. The second-order valence-electron chi connectivity index (χ2n) is 7.74. The molecule has 2 heterocycles. The molecular weight excluding hydrogens is 324 g/mol. The Morgan fingerprint density at radius 1 is 1.27 bits per heavy atom. The topological polar surface area (TPSA) is 50.2 Å². The van der Waals surface area contributed by atoms with Crippen LogP contribution in [-0.4, -0.2) is 33.7 Å². The van der Waals surface area contributed by atoms with Crippen LogP contribution in [0.15, 0.2) is 36.4 Å². The van der Waals surface area contributed by atoms with Gasteiger partial charge in [-0.1, -0.05) is 43.7 Å². The third kappa shape index (κ3) is 3.83. The lowest BCUT2D eigenvalue weighted by atomic mass is 9.85. The number of fused-ring (bicyclic) bond motifs is 1. The summed E-state index contributed by atoms with van der Waals surface area (Å²) >= 11 is 0. The highest BCUT2D eigenvalue weighted by Crippen LogP contribution is 2.26. The monoisotopic (exact) mass is 352 g/mol. The molecule has 1 aliphatic heterocycles. The predicted molar refractivity (Wildman–Crippen MR) is 102 cm³/mol. The number of hydrogen-bond donors (Lipinski definition) is 1. The van der Waals surface area contributed by atoms with Crippen molar-refractivity contribution in [3.05, 3.63) is 53.3 Å². The molecule has 0 bridgehead atoms. The van der Waals surface area contributed by atoms with Gasteiger partial charge in [-0.2, -0.15) is 5.10 Å². The van der Waals surface area contributed by atoms with Crippen LogP contribution in [0.5, 0.6) is 0 Å². The molecule has 1 N–H and O–H groups in total. The number of rotatable bonds is 6. The van der Waals surface area contributed by atoms with Crippen molar-refractivity contribution in [2.24, 2.45) is 5.92 Å². The molecule has 5 heteroatoms. The van der Waals surface area contributed by atoms with E-state index in [4.69, 9.17) is 0 Å². The smallest absolute Gasteiger partial charge is 0.223 e. The van der Waals surface area contributed by atoms with Crippen LogP contribution < -0.4 is 5.32 Å². The lowest BCUT2D eigenvalue weighted by Gasteiger charge is -2.30. The normalized spacial score (nSPS) is 18.8. The lowest BCUT2D eigenvalue weighted by Crippen LogP contribution is -2.36. The number of hydrogen-bond acceptors (Lipinski definition) is 3. The highest BCUT2D eigenvalue weighted by molar-refractivity contribution is 5.79. The van der Waals surface area contributed by atoms with Gasteiger partial charge >= 0.3 is 0 Å². The first-order valence-electron chi connectivity index (χ1n) is 9.79. The van der Waals surface area contributed by atoms with E-state index in [9.17, 15) is 4.79 Å². The van der Waals surface area contributed by atoms with E-state index in [1.165, 1.54) is 17.7 Å². The molecule has 1 saturated carbocycles. The molecule has 1 unspecified atom stereocenters. The first kappa shape index (κ1) is 17.3. The lowest BCUT2D eigenvalue weighted by molar-refractivity contribution is -0.127. The number of aromatic nitrogens is 2. The summed E-state index contributed by atoms with van der Waals surface area (Å²) in [6.07, 6.45) is 3.27. The van der Waals surface area contributed by atoms with Crippen molar-refractivity contribution in [3.63, 3.8) is 0 Å². The minimum absolute atomic E-state index is 0.195. The van der Waals surface area contributed by atoms with Crippen LogP contribution in [0.25, 0.3) is 0 Å². The maximum atomic E-state index is 12.0. The third-order valence-electron chi connectivity index (χ3n) is 5.75. The van der Waals surface area contributed by atoms with Crippen LogP contribution in [0.1, 0.15) is 49.1 Å². The van der Waals surface area contributed by atoms with Gasteiger partial charge < -0.3 is 5.32 Å². The number of benzene rings is 1. The van der Waals surface area contributed by atoms with E-state index in [-0.39, 0.29) is 11.8 Å². The van der Waals surface area contributed by atoms with Crippen molar-refractivity contribution >= 4 is 5.91 Å². The molecule has 138 valence electrons. The molecule has 1 aromatic carbocycles. The van der Waals surface area contributed by atoms with Crippen molar-refractivity contribution in [3.8, 4) is 0 Å². The zero-order valence-electron chi connectivity index (χ0n) is 15.5. The first-order valence-corrected chi connectivity index (χ1v) is 9.79. The van der Waals surface area contributed by atoms with Crippen molar-refractivity contribution in [2.75, 3.05) is 13.1 Å². The fourth-order valence-electron chi connectivity index (χ4n) is 3.89. The quantitative estimate of drug-likeness (QED) is 0.870. The summed E-state index contributed by atoms with van der Waals surface area (Å²) < 4.78 is 2.11. The van der Waals surface area contributed by atoms with Gasteiger partial charge in [0.1, 0.15) is 0 Å². The highest BCUT2D eigenvalue weighted by atomic mass is 16.1. The van der Waals surface area contributed by atoms with E-state index in [0.29, 0.717) is 12.5 Å². The summed E-state index contributed by atoms with van der Waals surface area (Å²) in [5.74, 6) is 0.953. The molecule has 1 aromatic heterocycles. The summed E-state index contributed by atoms with van der Waals surface area (Å²) in [4.78, 5) is 14.5. The molecule has 0 radical (unpaired) electrons. The number of carbonyl (C=O) groups is 1. The largest absolute Gasteiger partial charge is 0.350 e. The van der Waals surface area contributed by atoms with Gasteiger partial charge in [0.15, 0.2) is 0 Å². The molecule has 2 aromatic rings. The number of amides is 1. The van der Waals surface area contributed by atoms with Gasteiger partial charge in [0.2, 0.25) is 5.91 Å². The third-order valence-corrected chi connectivity index (χ3v) is 5.75. The minimum Gasteiger partial charge on any atom is -0.350 e. The van der Waals surface area contributed by atoms with E-state index in [1.54, 1.807) is 0 Å². The summed E-state index contributed by atoms with van der Waals surface area (Å²) in [6, 6.07) is 12.9. The highest BCUT2D eigenvalue weighted by Gasteiger charge is 2.25. The summed E-state index contributed by atoms with van der Waals surface area (Å²) in [5, 5.41) is 7.72. The Labute approximate surface area is 155 Å². The van der Waals surface area contributed by atoms with E-state index in [1.807, 2.05) is 0 Å². The maximum Gasteiger partial charge on any atom is 0.223 e. The Balaban J connectivity index is 1.32. The Hall–Kier alpha value is -2.14. The molecule has 2 aliphatic rings. The van der Waals surface area contributed by atoms with E-state index in [0.717, 1.165) is 44.7 Å². The molecule has 5 nitrogen and oxygen atoms in total. The molecule has 1 fully saturated rings. The molecule has 0 spiro atoms. The van der Waals surface area contributed by atoms with Gasteiger partial charge in [0.05, 0.1) is 24.5 Å². The van der Waals surface area contributed by atoms with Crippen LogP contribution in [-0.2, 0) is 24.4 Å². The van der Waals surface area contributed by atoms with Crippen molar-refractivity contribution in [1.82, 2.24) is 20.0 Å². The molecule has 4 rings (SSSR count). The van der Waals surface area contributed by atoms with Crippen LogP contribution in [0.3, 0.4) is 0 Å². The molecule has 26 heavy (non-hydrogen) atoms. The Morgan fingerprint density at radius 3 is 2.81 bits per heavy atom. The summed E-state index contributed by atoms with van der Waals surface area (Å²) in [7, 11) is 0. The second-order valence-corrected chi connectivity index (χ2v) is 7.74. The van der Waals surface area contributed by atoms with Crippen molar-refractivity contribution < 1.29 is 4.79 Å². The van der Waals surface area contributed by atoms with Gasteiger partial charge in [0.25, 0.3) is 0 Å². The number of nitrogens with zero attached hydrogens (tertiary/aromatic N) is 3. The second kappa shape index (κ2) is 7.62. The van der Waals surface area contributed by atoms with E-state index >= 15 is 0 Å². The van der Waals surface area contributed by atoms with Gasteiger partial charge in [0, 0.05) is 25.6 Å². The number of nitrogens with one attached hydrogen (secondary N) is 1. The summed E-state index contributed by atoms with van der Waals surface area (Å²) in [5.41, 5.74) is 3.63. The predicted octanol–water partition coefficient (Wildman–Crippen LogP) is 2.92. The van der Waals surface area contributed by atoms with E-state index in [2.05, 4.69) is 63.3 Å². The average Bonchev–Trinajstić information content (AvgIpc) is 3.01. The Bertz CT molecular complexity index is 751.